The fourth-order valence-corrected chi connectivity index (χ4v) is 5.22. The molecule has 1 aromatic heterocycles. The predicted octanol–water partition coefficient (Wildman–Crippen LogP) is 6.41. The number of allylic oxidation sites excluding steroid dienone is 2. The molecular formula is C31H31FN2O3. The van der Waals surface area contributed by atoms with Crippen LogP contribution in [0.15, 0.2) is 60.2 Å². The number of para-hydroxylation sites is 1. The molecule has 2 aromatic carbocycles. The summed E-state index contributed by atoms with van der Waals surface area (Å²) in [6, 6.07) is 13.8. The van der Waals surface area contributed by atoms with E-state index in [4.69, 9.17) is 9.72 Å². The van der Waals surface area contributed by atoms with Crippen LogP contribution in [0.1, 0.15) is 72.1 Å². The zero-order valence-corrected chi connectivity index (χ0v) is 20.9. The van der Waals surface area contributed by atoms with E-state index in [1.54, 1.807) is 12.1 Å². The number of ether oxygens (including phenoxy) is 1. The molecule has 0 saturated heterocycles. The Morgan fingerprint density at radius 1 is 1.00 bits per heavy atom. The molecule has 37 heavy (non-hydrogen) atoms. The van der Waals surface area contributed by atoms with Gasteiger partial charge in [0.25, 0.3) is 5.91 Å². The summed E-state index contributed by atoms with van der Waals surface area (Å²) in [6.45, 7) is 0.231. The number of pyridine rings is 1. The van der Waals surface area contributed by atoms with Crippen LogP contribution in [0, 0.1) is 5.82 Å². The number of esters is 1. The predicted molar refractivity (Wildman–Crippen MR) is 143 cm³/mol. The van der Waals surface area contributed by atoms with Gasteiger partial charge in [-0.25, -0.2) is 14.2 Å². The molecule has 0 saturated carbocycles. The third-order valence-corrected chi connectivity index (χ3v) is 7.07. The van der Waals surface area contributed by atoms with Crippen molar-refractivity contribution in [1.29, 1.82) is 0 Å². The van der Waals surface area contributed by atoms with Gasteiger partial charge in [0.1, 0.15) is 5.82 Å². The first-order valence-corrected chi connectivity index (χ1v) is 13.1. The van der Waals surface area contributed by atoms with E-state index in [1.165, 1.54) is 30.5 Å². The zero-order chi connectivity index (χ0) is 25.6. The van der Waals surface area contributed by atoms with Crippen LogP contribution >= 0.6 is 0 Å². The molecule has 1 heterocycles. The molecule has 2 aliphatic rings. The number of carbonyl (C=O) groups is 2. The Balaban J connectivity index is 1.35. The second kappa shape index (κ2) is 11.5. The summed E-state index contributed by atoms with van der Waals surface area (Å²) in [4.78, 5) is 30.7. The lowest BCUT2D eigenvalue weighted by molar-refractivity contribution is -0.124. The first kappa shape index (κ1) is 24.9. The minimum atomic E-state index is -0.511. The fraction of sp³-hybridized carbons (Fsp3) is 0.323. The van der Waals surface area contributed by atoms with Crippen LogP contribution in [-0.2, 0) is 16.0 Å². The van der Waals surface area contributed by atoms with Crippen molar-refractivity contribution in [3.63, 3.8) is 0 Å². The van der Waals surface area contributed by atoms with Crippen molar-refractivity contribution < 1.29 is 18.7 Å². The van der Waals surface area contributed by atoms with Crippen LogP contribution in [-0.4, -0.2) is 30.0 Å². The summed E-state index contributed by atoms with van der Waals surface area (Å²) in [5.74, 6) is -1.09. The quantitative estimate of drug-likeness (QED) is 0.302. The Morgan fingerprint density at radius 2 is 1.84 bits per heavy atom. The molecule has 0 spiro atoms. The van der Waals surface area contributed by atoms with E-state index in [-0.39, 0.29) is 18.3 Å². The van der Waals surface area contributed by atoms with Gasteiger partial charge in [0.2, 0.25) is 0 Å². The van der Waals surface area contributed by atoms with E-state index in [2.05, 4.69) is 11.4 Å². The van der Waals surface area contributed by atoms with Gasteiger partial charge in [-0.3, -0.25) is 4.79 Å². The van der Waals surface area contributed by atoms with E-state index >= 15 is 0 Å². The van der Waals surface area contributed by atoms with Gasteiger partial charge >= 0.3 is 5.97 Å². The van der Waals surface area contributed by atoms with E-state index in [1.807, 2.05) is 30.3 Å². The van der Waals surface area contributed by atoms with Gasteiger partial charge in [0.15, 0.2) is 6.61 Å². The van der Waals surface area contributed by atoms with Crippen molar-refractivity contribution in [3.05, 3.63) is 88.4 Å². The molecule has 190 valence electrons. The van der Waals surface area contributed by atoms with Gasteiger partial charge in [0, 0.05) is 11.9 Å². The number of hydrogen-bond acceptors (Lipinski definition) is 4. The van der Waals surface area contributed by atoms with Crippen molar-refractivity contribution in [2.75, 3.05) is 13.2 Å². The van der Waals surface area contributed by atoms with E-state index < -0.39 is 5.97 Å². The van der Waals surface area contributed by atoms with Crippen molar-refractivity contribution in [3.8, 4) is 0 Å². The molecule has 0 fully saturated rings. The van der Waals surface area contributed by atoms with E-state index in [0.29, 0.717) is 24.0 Å². The largest absolute Gasteiger partial charge is 0.452 e. The summed E-state index contributed by atoms with van der Waals surface area (Å²) in [7, 11) is 0. The highest BCUT2D eigenvalue weighted by atomic mass is 19.1. The lowest BCUT2D eigenvalue weighted by Crippen LogP contribution is -2.30. The summed E-state index contributed by atoms with van der Waals surface area (Å²) >= 11 is 0. The van der Waals surface area contributed by atoms with Crippen molar-refractivity contribution in [2.24, 2.45) is 0 Å². The lowest BCUT2D eigenvalue weighted by atomic mass is 9.86. The Bertz CT molecular complexity index is 1380. The van der Waals surface area contributed by atoms with Crippen LogP contribution in [0.3, 0.4) is 0 Å². The van der Waals surface area contributed by atoms with Crippen LogP contribution in [0.2, 0.25) is 0 Å². The topological polar surface area (TPSA) is 68.3 Å². The average Bonchev–Trinajstić information content (AvgIpc) is 2.92. The Kier molecular flexibility index (Phi) is 7.73. The molecule has 1 amide bonds. The Labute approximate surface area is 216 Å². The maximum Gasteiger partial charge on any atom is 0.339 e. The monoisotopic (exact) mass is 498 g/mol. The van der Waals surface area contributed by atoms with Gasteiger partial charge in [-0.15, -0.1) is 0 Å². The molecule has 0 unspecified atom stereocenters. The second-order valence-electron chi connectivity index (χ2n) is 9.69. The van der Waals surface area contributed by atoms with Gasteiger partial charge in [-0.05, 0) is 92.3 Å². The molecule has 2 aliphatic carbocycles. The van der Waals surface area contributed by atoms with Gasteiger partial charge in [0.05, 0.1) is 16.8 Å². The number of amides is 1. The first-order valence-electron chi connectivity index (χ1n) is 13.1. The van der Waals surface area contributed by atoms with Crippen LogP contribution in [0.25, 0.3) is 22.6 Å². The number of rotatable bonds is 7. The van der Waals surface area contributed by atoms with Gasteiger partial charge in [-0.2, -0.15) is 0 Å². The molecule has 1 N–H and O–H groups in total. The van der Waals surface area contributed by atoms with Crippen molar-refractivity contribution in [2.45, 2.75) is 51.4 Å². The zero-order valence-electron chi connectivity index (χ0n) is 20.9. The van der Waals surface area contributed by atoms with Crippen LogP contribution in [0.4, 0.5) is 4.39 Å². The van der Waals surface area contributed by atoms with Crippen LogP contribution < -0.4 is 5.32 Å². The molecule has 0 aliphatic heterocycles. The summed E-state index contributed by atoms with van der Waals surface area (Å²) in [5, 5.41) is 3.59. The number of benzene rings is 2. The summed E-state index contributed by atoms with van der Waals surface area (Å²) in [6.07, 6.45) is 12.1. The number of carbonyl (C=O) groups excluding carboxylic acids is 2. The van der Waals surface area contributed by atoms with Crippen LogP contribution in [0.5, 0.6) is 0 Å². The Hall–Kier alpha value is -3.80. The highest BCUT2D eigenvalue weighted by Crippen LogP contribution is 2.36. The minimum absolute atomic E-state index is 0.282. The molecule has 5 nitrogen and oxygen atoms in total. The molecule has 0 atom stereocenters. The number of fused-ring (bicyclic) bond motifs is 2. The van der Waals surface area contributed by atoms with E-state index in [0.717, 1.165) is 59.9 Å². The Morgan fingerprint density at radius 3 is 2.65 bits per heavy atom. The molecule has 5 rings (SSSR count). The second-order valence-corrected chi connectivity index (χ2v) is 9.69. The summed E-state index contributed by atoms with van der Waals surface area (Å²) < 4.78 is 18.9. The van der Waals surface area contributed by atoms with Gasteiger partial charge < -0.3 is 10.1 Å². The van der Waals surface area contributed by atoms with Crippen molar-refractivity contribution in [1.82, 2.24) is 10.3 Å². The fourth-order valence-electron chi connectivity index (χ4n) is 5.22. The number of hydrogen-bond donors (Lipinski definition) is 1. The molecule has 0 bridgehead atoms. The molecular weight excluding hydrogens is 467 g/mol. The highest BCUT2D eigenvalue weighted by Gasteiger charge is 2.26. The maximum absolute atomic E-state index is 13.4. The average molecular weight is 499 g/mol. The number of halogens is 1. The summed E-state index contributed by atoms with van der Waals surface area (Å²) in [5.41, 5.74) is 6.06. The number of nitrogens with zero attached hydrogens (tertiary/aromatic N) is 1. The molecule has 3 aromatic rings. The normalized spacial score (nSPS) is 16.2. The van der Waals surface area contributed by atoms with E-state index in [9.17, 15) is 14.0 Å². The third-order valence-electron chi connectivity index (χ3n) is 7.07. The third kappa shape index (κ3) is 5.96. The standard InChI is InChI=1S/C31H31FN2O3/c32-24-15-13-22(14-16-24)19-23-9-6-11-26-29(25-10-4-5-12-27(25)34-30(23)26)31(36)37-20-28(35)33-18-17-21-7-2-1-3-8-21/h4-5,7,10,12-16,19H,1-3,6,8-9,11,17-18,20H2,(H,33,35). The number of nitrogens with one attached hydrogen (secondary N) is 1. The van der Waals surface area contributed by atoms with Gasteiger partial charge in [-0.1, -0.05) is 42.0 Å². The highest BCUT2D eigenvalue weighted by molar-refractivity contribution is 6.07. The lowest BCUT2D eigenvalue weighted by Gasteiger charge is -2.22. The SMILES string of the molecule is O=C(COC(=O)c1c2c(nc3ccccc13)C(=Cc1ccc(F)cc1)CCC2)NCCC1=CCCCC1. The smallest absolute Gasteiger partial charge is 0.339 e. The first-order chi connectivity index (χ1) is 18.1. The maximum atomic E-state index is 13.4. The molecule has 0 radical (unpaired) electrons. The molecule has 6 heteroatoms. The minimum Gasteiger partial charge on any atom is -0.452 e. The van der Waals surface area contributed by atoms with Crippen molar-refractivity contribution >= 4 is 34.4 Å². The number of aromatic nitrogens is 1.